The molecule has 0 aliphatic heterocycles. The van der Waals surface area contributed by atoms with Gasteiger partial charge >= 0.3 is 0 Å². The van der Waals surface area contributed by atoms with Gasteiger partial charge in [0.25, 0.3) is 0 Å². The molecular formula is C20H30N2Pd. The van der Waals surface area contributed by atoms with Gasteiger partial charge in [0, 0.05) is 37.7 Å². The molecule has 2 aromatic rings. The van der Waals surface area contributed by atoms with Gasteiger partial charge in [0.15, 0.2) is 0 Å². The van der Waals surface area contributed by atoms with E-state index in [9.17, 15) is 0 Å². The molecule has 1 aromatic heterocycles. The van der Waals surface area contributed by atoms with Crippen LogP contribution in [0.1, 0.15) is 68.7 Å². The number of hydrogen-bond donors (Lipinski definition) is 0. The molecule has 0 atom stereocenters. The SMILES string of the molecule is Cc1cc(-c2c(C)nn(C(C)C)c2C)cc(C)c1C(C)(C)C.[Pd]. The van der Waals surface area contributed by atoms with Crippen molar-refractivity contribution in [1.29, 1.82) is 0 Å². The van der Waals surface area contributed by atoms with Gasteiger partial charge in [-0.15, -0.1) is 0 Å². The summed E-state index contributed by atoms with van der Waals surface area (Å²) >= 11 is 0. The molecule has 0 amide bonds. The first kappa shape index (κ1) is 20.1. The average Bonchev–Trinajstić information content (AvgIpc) is 2.62. The van der Waals surface area contributed by atoms with Crippen LogP contribution in [-0.4, -0.2) is 9.78 Å². The van der Waals surface area contributed by atoms with Crippen molar-refractivity contribution in [2.45, 2.75) is 73.8 Å². The van der Waals surface area contributed by atoms with Crippen LogP contribution in [0.4, 0.5) is 0 Å². The standard InChI is InChI=1S/C20H30N2.Pd/c1-12(2)22-16(6)18(15(5)21-22)17-10-13(3)19(14(4)11-17)20(7,8)9;/h10-12H,1-9H3;. The van der Waals surface area contributed by atoms with Crippen molar-refractivity contribution in [2.75, 3.05) is 0 Å². The summed E-state index contributed by atoms with van der Waals surface area (Å²) in [7, 11) is 0. The monoisotopic (exact) mass is 404 g/mol. The molecule has 130 valence electrons. The van der Waals surface area contributed by atoms with Gasteiger partial charge in [0.2, 0.25) is 0 Å². The molecule has 3 heteroatoms. The second-order valence-corrected chi connectivity index (χ2v) is 7.82. The fourth-order valence-electron chi connectivity index (χ4n) is 3.87. The van der Waals surface area contributed by atoms with Crippen molar-refractivity contribution in [3.8, 4) is 11.1 Å². The Balaban J connectivity index is 0.00000264. The Morgan fingerprint density at radius 2 is 1.43 bits per heavy atom. The normalized spacial score (nSPS) is 11.7. The summed E-state index contributed by atoms with van der Waals surface area (Å²) in [6.07, 6.45) is 0. The number of aryl methyl sites for hydroxylation is 3. The van der Waals surface area contributed by atoms with E-state index in [-0.39, 0.29) is 25.8 Å². The maximum absolute atomic E-state index is 4.73. The first-order chi connectivity index (χ1) is 10.0. The van der Waals surface area contributed by atoms with Gasteiger partial charge in [-0.2, -0.15) is 5.10 Å². The second kappa shape index (κ2) is 6.91. The van der Waals surface area contributed by atoms with Crippen molar-refractivity contribution >= 4 is 0 Å². The van der Waals surface area contributed by atoms with E-state index in [0.717, 1.165) is 5.69 Å². The van der Waals surface area contributed by atoms with Crippen LogP contribution in [0.15, 0.2) is 12.1 Å². The Kier molecular flexibility index (Phi) is 6.05. The summed E-state index contributed by atoms with van der Waals surface area (Å²) < 4.78 is 2.13. The Labute approximate surface area is 155 Å². The topological polar surface area (TPSA) is 17.8 Å². The van der Waals surface area contributed by atoms with Crippen LogP contribution in [0.5, 0.6) is 0 Å². The third-order valence-corrected chi connectivity index (χ3v) is 4.39. The minimum Gasteiger partial charge on any atom is -0.266 e. The molecule has 0 saturated heterocycles. The number of rotatable bonds is 2. The molecule has 2 rings (SSSR count). The van der Waals surface area contributed by atoms with Gasteiger partial charge in [-0.25, -0.2) is 0 Å². The predicted octanol–water partition coefficient (Wildman–Crippen LogP) is 5.66. The van der Waals surface area contributed by atoms with E-state index in [1.807, 2.05) is 0 Å². The van der Waals surface area contributed by atoms with E-state index in [4.69, 9.17) is 5.10 Å². The quantitative estimate of drug-likeness (QED) is 0.590. The predicted molar refractivity (Wildman–Crippen MR) is 95.7 cm³/mol. The van der Waals surface area contributed by atoms with Crippen LogP contribution in [0, 0.1) is 27.7 Å². The smallest absolute Gasteiger partial charge is 0.0675 e. The zero-order chi connectivity index (χ0) is 16.8. The van der Waals surface area contributed by atoms with Gasteiger partial charge in [0.1, 0.15) is 0 Å². The molecule has 23 heavy (non-hydrogen) atoms. The minimum atomic E-state index is 0. The number of benzene rings is 1. The summed E-state index contributed by atoms with van der Waals surface area (Å²) in [5, 5.41) is 4.73. The Bertz CT molecular complexity index is 680. The summed E-state index contributed by atoms with van der Waals surface area (Å²) in [6.45, 7) is 20.0. The number of aromatic nitrogens is 2. The zero-order valence-electron chi connectivity index (χ0n) is 15.9. The van der Waals surface area contributed by atoms with Gasteiger partial charge < -0.3 is 0 Å². The molecule has 0 N–H and O–H groups in total. The molecule has 0 spiro atoms. The summed E-state index contributed by atoms with van der Waals surface area (Å²) in [5.74, 6) is 0. The van der Waals surface area contributed by atoms with E-state index < -0.39 is 0 Å². The molecule has 0 fully saturated rings. The van der Waals surface area contributed by atoms with Crippen LogP contribution in [0.3, 0.4) is 0 Å². The van der Waals surface area contributed by atoms with Crippen molar-refractivity contribution < 1.29 is 20.4 Å². The summed E-state index contributed by atoms with van der Waals surface area (Å²) in [4.78, 5) is 0. The van der Waals surface area contributed by atoms with E-state index in [1.54, 1.807) is 0 Å². The maximum Gasteiger partial charge on any atom is 0.0675 e. The molecule has 2 nitrogen and oxygen atoms in total. The molecule has 0 unspecified atom stereocenters. The Hall–Kier alpha value is -0.908. The van der Waals surface area contributed by atoms with Crippen molar-refractivity contribution in [1.82, 2.24) is 9.78 Å². The molecular weight excluding hydrogens is 375 g/mol. The molecule has 0 bridgehead atoms. The minimum absolute atomic E-state index is 0. The van der Waals surface area contributed by atoms with E-state index >= 15 is 0 Å². The number of nitrogens with zero attached hydrogens (tertiary/aromatic N) is 2. The Morgan fingerprint density at radius 1 is 0.957 bits per heavy atom. The average molecular weight is 405 g/mol. The molecule has 0 saturated carbocycles. The largest absolute Gasteiger partial charge is 0.266 e. The first-order valence-electron chi connectivity index (χ1n) is 8.21. The van der Waals surface area contributed by atoms with Crippen LogP contribution in [0.25, 0.3) is 11.1 Å². The Morgan fingerprint density at radius 3 is 1.78 bits per heavy atom. The summed E-state index contributed by atoms with van der Waals surface area (Å²) in [6, 6.07) is 5.05. The van der Waals surface area contributed by atoms with E-state index in [2.05, 4.69) is 79.1 Å². The van der Waals surface area contributed by atoms with E-state index in [0.29, 0.717) is 6.04 Å². The van der Waals surface area contributed by atoms with Crippen LogP contribution in [0.2, 0.25) is 0 Å². The fourth-order valence-corrected chi connectivity index (χ4v) is 3.87. The molecule has 0 radical (unpaired) electrons. The second-order valence-electron chi connectivity index (χ2n) is 7.82. The fraction of sp³-hybridized carbons (Fsp3) is 0.550. The molecule has 1 heterocycles. The third-order valence-electron chi connectivity index (χ3n) is 4.39. The molecule has 0 aliphatic rings. The van der Waals surface area contributed by atoms with Gasteiger partial charge in [0.05, 0.1) is 5.69 Å². The van der Waals surface area contributed by atoms with Gasteiger partial charge in [-0.05, 0) is 69.2 Å². The molecule has 1 aromatic carbocycles. The maximum atomic E-state index is 4.73. The number of hydrogen-bond acceptors (Lipinski definition) is 1. The van der Waals surface area contributed by atoms with Crippen LogP contribution in [-0.2, 0) is 25.8 Å². The summed E-state index contributed by atoms with van der Waals surface area (Å²) in [5.41, 5.74) is 9.35. The van der Waals surface area contributed by atoms with Crippen LogP contribution < -0.4 is 0 Å². The van der Waals surface area contributed by atoms with Crippen molar-refractivity contribution in [2.24, 2.45) is 0 Å². The zero-order valence-corrected chi connectivity index (χ0v) is 17.5. The first-order valence-corrected chi connectivity index (χ1v) is 8.21. The van der Waals surface area contributed by atoms with Gasteiger partial charge in [-0.3, -0.25) is 4.68 Å². The van der Waals surface area contributed by atoms with Gasteiger partial charge in [-0.1, -0.05) is 32.9 Å². The third kappa shape index (κ3) is 3.78. The van der Waals surface area contributed by atoms with E-state index in [1.165, 1.54) is 33.5 Å². The molecule has 0 aliphatic carbocycles. The van der Waals surface area contributed by atoms with Crippen molar-refractivity contribution in [3.63, 3.8) is 0 Å². The van der Waals surface area contributed by atoms with Crippen molar-refractivity contribution in [3.05, 3.63) is 40.2 Å². The van der Waals surface area contributed by atoms with Crippen LogP contribution >= 0.6 is 0 Å².